The second-order valence-electron chi connectivity index (χ2n) is 6.54. The number of Topliss-reactive ketones (excluding diaryl/α,β-unsaturated/α-hetero) is 1. The van der Waals surface area contributed by atoms with Gasteiger partial charge >= 0.3 is 43.3 Å². The molecule has 3 aromatic rings. The smallest absolute Gasteiger partial charge is 0.736 e. The van der Waals surface area contributed by atoms with Crippen LogP contribution in [0.2, 0.25) is 5.02 Å². The van der Waals surface area contributed by atoms with Crippen molar-refractivity contribution in [3.63, 3.8) is 0 Å². The summed E-state index contributed by atoms with van der Waals surface area (Å²) >= 11 is 5.81. The summed E-state index contributed by atoms with van der Waals surface area (Å²) in [6.45, 7) is 0. The molecule has 0 bridgehead atoms. The van der Waals surface area contributed by atoms with Crippen LogP contribution < -0.4 is 43.5 Å². The summed E-state index contributed by atoms with van der Waals surface area (Å²) in [6, 6.07) is 17.9. The molecule has 32 heavy (non-hydrogen) atoms. The van der Waals surface area contributed by atoms with Gasteiger partial charge in [0.2, 0.25) is 0 Å². The Balaban J connectivity index is 0.00000363. The molecule has 160 valence electrons. The zero-order chi connectivity index (χ0) is 22.4. The van der Waals surface area contributed by atoms with Crippen molar-refractivity contribution in [2.75, 3.05) is 0 Å². The number of rotatable bonds is 9. The molecule has 0 aliphatic carbocycles. The minimum atomic E-state index is -4.75. The second-order valence-corrected chi connectivity index (χ2v) is 8.24. The van der Waals surface area contributed by atoms with Gasteiger partial charge in [-0.3, -0.25) is 4.79 Å². The minimum Gasteiger partial charge on any atom is -0.736 e. The third kappa shape index (κ3) is 7.78. The Bertz CT molecular complexity index is 1150. The molecule has 0 aliphatic rings. The standard InChI is InChI=1S/C22H18ClO7P.Na/c23-18-4-2-6-20(14-18)30-31(27,28)29-19-5-1-3-17(13-19)21(24)12-9-15-7-10-16(11-8-15)22(25)26;/h1-8,10-11,13-14H,9,12H2,(H,25,26)(H,27,28);/q;+1/p-1. The molecule has 0 heterocycles. The van der Waals surface area contributed by atoms with Crippen LogP contribution in [0.4, 0.5) is 0 Å². The van der Waals surface area contributed by atoms with Gasteiger partial charge in [-0.05, 0) is 54.4 Å². The second kappa shape index (κ2) is 11.7. The number of ketones is 1. The molecule has 0 radical (unpaired) electrons. The fourth-order valence-electron chi connectivity index (χ4n) is 2.74. The molecule has 1 atom stereocenters. The molecule has 1 unspecified atom stereocenters. The number of carboxylic acid groups (broad SMARTS) is 1. The number of phosphoric acid groups is 1. The van der Waals surface area contributed by atoms with E-state index in [1.54, 1.807) is 24.3 Å². The normalized spacial score (nSPS) is 12.2. The van der Waals surface area contributed by atoms with Crippen molar-refractivity contribution in [1.29, 1.82) is 0 Å². The Kier molecular flexibility index (Phi) is 9.52. The summed E-state index contributed by atoms with van der Waals surface area (Å²) in [6.07, 6.45) is 0.561. The summed E-state index contributed by atoms with van der Waals surface area (Å²) in [7, 11) is -4.75. The molecule has 0 amide bonds. The monoisotopic (exact) mass is 482 g/mol. The van der Waals surface area contributed by atoms with Gasteiger partial charge in [-0.15, -0.1) is 0 Å². The molecule has 0 spiro atoms. The van der Waals surface area contributed by atoms with E-state index >= 15 is 0 Å². The third-order valence-electron chi connectivity index (χ3n) is 4.23. The van der Waals surface area contributed by atoms with E-state index in [0.717, 1.165) is 5.56 Å². The van der Waals surface area contributed by atoms with E-state index in [1.807, 2.05) is 0 Å². The van der Waals surface area contributed by atoms with E-state index in [-0.39, 0.29) is 64.4 Å². The third-order valence-corrected chi connectivity index (χ3v) is 5.33. The van der Waals surface area contributed by atoms with Crippen molar-refractivity contribution in [2.45, 2.75) is 12.8 Å². The van der Waals surface area contributed by atoms with Gasteiger partial charge in [-0.2, -0.15) is 0 Å². The molecular formula is C22H17ClNaO7P. The van der Waals surface area contributed by atoms with E-state index in [4.69, 9.17) is 25.8 Å². The molecule has 10 heteroatoms. The summed E-state index contributed by atoms with van der Waals surface area (Å²) in [5.74, 6) is -1.29. The Labute approximate surface area is 211 Å². The first-order chi connectivity index (χ1) is 14.7. The largest absolute Gasteiger partial charge is 1.00 e. The zero-order valence-electron chi connectivity index (χ0n) is 17.1. The minimum absolute atomic E-state index is 0. The number of benzene rings is 3. The first-order valence-electron chi connectivity index (χ1n) is 9.13. The predicted molar refractivity (Wildman–Crippen MR) is 113 cm³/mol. The van der Waals surface area contributed by atoms with Gasteiger partial charge in [0.05, 0.1) is 5.56 Å². The molecule has 0 aromatic heterocycles. The maximum Gasteiger partial charge on any atom is 1.00 e. The van der Waals surface area contributed by atoms with Crippen LogP contribution in [0.5, 0.6) is 11.5 Å². The number of hydrogen-bond donors (Lipinski definition) is 1. The van der Waals surface area contributed by atoms with E-state index in [9.17, 15) is 19.0 Å². The summed E-state index contributed by atoms with van der Waals surface area (Å²) in [5.41, 5.74) is 1.26. The number of aromatic carboxylic acids is 1. The molecule has 3 rings (SSSR count). The quantitative estimate of drug-likeness (QED) is 0.281. The molecular weight excluding hydrogens is 466 g/mol. The number of aryl methyl sites for hydroxylation is 1. The maximum absolute atomic E-state index is 12.5. The number of carboxylic acids is 1. The first kappa shape index (κ1) is 26.1. The van der Waals surface area contributed by atoms with Crippen molar-refractivity contribution in [3.05, 3.63) is 94.5 Å². The number of halogens is 1. The molecule has 0 fully saturated rings. The van der Waals surface area contributed by atoms with Crippen LogP contribution in [0, 0.1) is 0 Å². The summed E-state index contributed by atoms with van der Waals surface area (Å²) in [5, 5.41) is 9.23. The van der Waals surface area contributed by atoms with Crippen LogP contribution >= 0.6 is 19.4 Å². The molecule has 3 aromatic carbocycles. The van der Waals surface area contributed by atoms with Gasteiger partial charge in [0.1, 0.15) is 11.5 Å². The zero-order valence-corrected chi connectivity index (χ0v) is 20.7. The van der Waals surface area contributed by atoms with E-state index in [1.165, 1.54) is 48.5 Å². The van der Waals surface area contributed by atoms with Crippen LogP contribution in [-0.4, -0.2) is 16.9 Å². The first-order valence-corrected chi connectivity index (χ1v) is 11.0. The average Bonchev–Trinajstić information content (AvgIpc) is 2.71. The topological polar surface area (TPSA) is 113 Å². The van der Waals surface area contributed by atoms with Gasteiger partial charge in [0, 0.05) is 17.0 Å². The van der Waals surface area contributed by atoms with Crippen molar-refractivity contribution >= 4 is 31.2 Å². The Morgan fingerprint density at radius 2 is 1.50 bits per heavy atom. The van der Waals surface area contributed by atoms with Crippen LogP contribution in [0.3, 0.4) is 0 Å². The molecule has 1 N–H and O–H groups in total. The van der Waals surface area contributed by atoms with Crippen molar-refractivity contribution in [1.82, 2.24) is 0 Å². The Morgan fingerprint density at radius 1 is 0.906 bits per heavy atom. The maximum atomic E-state index is 12.5. The van der Waals surface area contributed by atoms with Gasteiger partial charge < -0.3 is 19.0 Å². The van der Waals surface area contributed by atoms with Gasteiger partial charge in [-0.25, -0.2) is 9.36 Å². The summed E-state index contributed by atoms with van der Waals surface area (Å²) in [4.78, 5) is 35.5. The predicted octanol–water partition coefficient (Wildman–Crippen LogP) is 1.78. The van der Waals surface area contributed by atoms with Crippen LogP contribution in [0.1, 0.15) is 32.7 Å². The van der Waals surface area contributed by atoms with E-state index < -0.39 is 13.8 Å². The number of hydrogen-bond acceptors (Lipinski definition) is 6. The van der Waals surface area contributed by atoms with Crippen molar-refractivity contribution in [3.8, 4) is 11.5 Å². The SMILES string of the molecule is O=C(O)c1ccc(CCC(=O)c2cccc(OP(=O)([O-])Oc3cccc(Cl)c3)c2)cc1.[Na+]. The molecule has 0 aliphatic heterocycles. The van der Waals surface area contributed by atoms with Crippen molar-refractivity contribution < 1.29 is 62.8 Å². The van der Waals surface area contributed by atoms with Gasteiger partial charge in [-0.1, -0.05) is 41.9 Å². The Morgan fingerprint density at radius 3 is 2.09 bits per heavy atom. The van der Waals surface area contributed by atoms with Crippen LogP contribution in [-0.2, 0) is 11.0 Å². The van der Waals surface area contributed by atoms with Crippen LogP contribution in [0.25, 0.3) is 0 Å². The molecule has 7 nitrogen and oxygen atoms in total. The number of carbonyl (C=O) groups is 2. The number of carbonyl (C=O) groups excluding carboxylic acids is 1. The van der Waals surface area contributed by atoms with Gasteiger partial charge in [0.15, 0.2) is 5.78 Å². The van der Waals surface area contributed by atoms with E-state index in [0.29, 0.717) is 11.4 Å². The van der Waals surface area contributed by atoms with E-state index in [2.05, 4.69) is 0 Å². The summed E-state index contributed by atoms with van der Waals surface area (Å²) < 4.78 is 22.0. The fourth-order valence-corrected chi connectivity index (χ4v) is 3.70. The molecule has 0 saturated heterocycles. The van der Waals surface area contributed by atoms with Crippen LogP contribution in [0.15, 0.2) is 72.8 Å². The van der Waals surface area contributed by atoms with Gasteiger partial charge in [0.25, 0.3) is 0 Å². The van der Waals surface area contributed by atoms with Crippen molar-refractivity contribution in [2.24, 2.45) is 0 Å². The average molecular weight is 483 g/mol. The fraction of sp³-hybridized carbons (Fsp3) is 0.0909. The Hall–Kier alpha value is -2.12. The molecule has 0 saturated carbocycles. The number of phosphoric ester groups is 1.